The van der Waals surface area contributed by atoms with Gasteiger partial charge in [0.15, 0.2) is 11.5 Å². The molecule has 10 heteroatoms. The van der Waals surface area contributed by atoms with Gasteiger partial charge in [0, 0.05) is 17.7 Å². The number of benzene rings is 2. The summed E-state index contributed by atoms with van der Waals surface area (Å²) in [4.78, 5) is 35.2. The highest BCUT2D eigenvalue weighted by Gasteiger charge is 2.19. The van der Waals surface area contributed by atoms with Crippen molar-refractivity contribution >= 4 is 17.5 Å². The van der Waals surface area contributed by atoms with Crippen LogP contribution in [-0.2, 0) is 0 Å². The molecule has 2 N–H and O–H groups in total. The van der Waals surface area contributed by atoms with Crippen molar-refractivity contribution in [3.8, 4) is 17.2 Å². The Balaban J connectivity index is 2.08. The summed E-state index contributed by atoms with van der Waals surface area (Å²) in [5.41, 5.74) is 4.33. The first-order valence-electron chi connectivity index (χ1n) is 9.50. The van der Waals surface area contributed by atoms with Gasteiger partial charge in [-0.1, -0.05) is 13.8 Å². The molecule has 2 aromatic carbocycles. The van der Waals surface area contributed by atoms with E-state index in [-0.39, 0.29) is 22.6 Å². The molecule has 0 bridgehead atoms. The molecular formula is C21H25N3O7. The Labute approximate surface area is 179 Å². The fourth-order valence-corrected chi connectivity index (χ4v) is 2.57. The summed E-state index contributed by atoms with van der Waals surface area (Å²) >= 11 is 0. The van der Waals surface area contributed by atoms with Gasteiger partial charge >= 0.3 is 0 Å². The smallest absolute Gasteiger partial charge is 0.273 e. The lowest BCUT2D eigenvalue weighted by Crippen LogP contribution is -2.41. The Bertz CT molecular complexity index is 960. The van der Waals surface area contributed by atoms with Crippen LogP contribution in [0.5, 0.6) is 17.2 Å². The molecule has 2 amide bonds. The number of hydrogen-bond donors (Lipinski definition) is 2. The van der Waals surface area contributed by atoms with E-state index in [1.165, 1.54) is 38.5 Å². The van der Waals surface area contributed by atoms with Crippen LogP contribution in [0.1, 0.15) is 41.0 Å². The van der Waals surface area contributed by atoms with Crippen LogP contribution in [0.2, 0.25) is 0 Å². The lowest BCUT2D eigenvalue weighted by Gasteiger charge is -2.14. The Hall–Kier alpha value is -3.82. The third-order valence-corrected chi connectivity index (χ3v) is 4.31. The fraction of sp³-hybridized carbons (Fsp3) is 0.333. The summed E-state index contributed by atoms with van der Waals surface area (Å²) in [6.45, 7) is 4.69. The number of nitro groups is 1. The first kappa shape index (κ1) is 23.5. The number of nitro benzene ring substituents is 1. The minimum absolute atomic E-state index is 0.0940. The van der Waals surface area contributed by atoms with Crippen LogP contribution in [0.4, 0.5) is 5.69 Å². The molecule has 0 aliphatic heterocycles. The van der Waals surface area contributed by atoms with Crippen molar-refractivity contribution in [2.24, 2.45) is 5.92 Å². The molecular weight excluding hydrogens is 406 g/mol. The second-order valence-corrected chi connectivity index (χ2v) is 6.95. The summed E-state index contributed by atoms with van der Waals surface area (Å²) in [7, 11) is 2.79. The monoisotopic (exact) mass is 431 g/mol. The van der Waals surface area contributed by atoms with E-state index in [1.54, 1.807) is 6.07 Å². The summed E-state index contributed by atoms with van der Waals surface area (Å²) in [6, 6.07) is 8.21. The van der Waals surface area contributed by atoms with Crippen molar-refractivity contribution in [3.63, 3.8) is 0 Å². The molecule has 2 aromatic rings. The minimum Gasteiger partial charge on any atom is -0.496 e. The van der Waals surface area contributed by atoms with Crippen molar-refractivity contribution in [2.75, 3.05) is 20.8 Å². The number of nitrogens with one attached hydrogen (secondary N) is 2. The summed E-state index contributed by atoms with van der Waals surface area (Å²) < 4.78 is 16.0. The largest absolute Gasteiger partial charge is 0.496 e. The third-order valence-electron chi connectivity index (χ3n) is 4.31. The number of rotatable bonds is 9. The lowest BCUT2D eigenvalue weighted by molar-refractivity contribution is -0.384. The molecule has 2 rings (SSSR count). The normalized spacial score (nSPS) is 10.4. The quantitative estimate of drug-likeness (QED) is 0.461. The minimum atomic E-state index is -0.769. The maximum atomic E-state index is 12.4. The molecule has 0 spiro atoms. The van der Waals surface area contributed by atoms with Crippen LogP contribution >= 0.6 is 0 Å². The maximum absolute atomic E-state index is 12.4. The molecule has 0 saturated carbocycles. The van der Waals surface area contributed by atoms with Gasteiger partial charge in [0.1, 0.15) is 5.75 Å². The Morgan fingerprint density at radius 1 is 0.968 bits per heavy atom. The van der Waals surface area contributed by atoms with Gasteiger partial charge < -0.3 is 14.2 Å². The molecule has 0 fully saturated rings. The molecule has 166 valence electrons. The summed E-state index contributed by atoms with van der Waals surface area (Å²) in [6.07, 6.45) is 0.874. The molecule has 31 heavy (non-hydrogen) atoms. The average molecular weight is 431 g/mol. The van der Waals surface area contributed by atoms with Crippen molar-refractivity contribution in [1.82, 2.24) is 10.9 Å². The zero-order valence-electron chi connectivity index (χ0n) is 17.8. The fourth-order valence-electron chi connectivity index (χ4n) is 2.57. The topological polar surface area (TPSA) is 129 Å². The van der Waals surface area contributed by atoms with Gasteiger partial charge in [-0.25, -0.2) is 0 Å². The van der Waals surface area contributed by atoms with Crippen LogP contribution in [0.25, 0.3) is 0 Å². The molecule has 0 aliphatic rings. The van der Waals surface area contributed by atoms with E-state index >= 15 is 0 Å². The zero-order valence-corrected chi connectivity index (χ0v) is 17.8. The number of ether oxygens (including phenoxy) is 3. The van der Waals surface area contributed by atoms with E-state index in [1.807, 2.05) is 0 Å². The standard InChI is InChI=1S/C21H25N3O7/c1-13(2)9-10-31-18-7-5-14(11-19(18)30-4)20(25)22-23-21(26)16-12-15(24(27)28)6-8-17(16)29-3/h5-8,11-13H,9-10H2,1-4H3,(H,22,25)(H,23,26). The highest BCUT2D eigenvalue weighted by molar-refractivity contribution is 6.01. The highest BCUT2D eigenvalue weighted by Crippen LogP contribution is 2.28. The molecule has 0 unspecified atom stereocenters. The van der Waals surface area contributed by atoms with E-state index in [4.69, 9.17) is 14.2 Å². The van der Waals surface area contributed by atoms with E-state index in [2.05, 4.69) is 24.7 Å². The second kappa shape index (κ2) is 10.8. The Morgan fingerprint density at radius 2 is 1.61 bits per heavy atom. The van der Waals surface area contributed by atoms with Crippen molar-refractivity contribution < 1.29 is 28.7 Å². The van der Waals surface area contributed by atoms with Crippen LogP contribution in [0.15, 0.2) is 36.4 Å². The first-order valence-corrected chi connectivity index (χ1v) is 9.50. The number of non-ortho nitro benzene ring substituents is 1. The first-order chi connectivity index (χ1) is 14.8. The molecule has 0 aliphatic carbocycles. The Kier molecular flexibility index (Phi) is 8.18. The predicted molar refractivity (Wildman–Crippen MR) is 113 cm³/mol. The third kappa shape index (κ3) is 6.33. The van der Waals surface area contributed by atoms with Gasteiger partial charge in [-0.05, 0) is 36.6 Å². The number of methoxy groups -OCH3 is 2. The maximum Gasteiger partial charge on any atom is 0.273 e. The van der Waals surface area contributed by atoms with Gasteiger partial charge in [-0.2, -0.15) is 0 Å². The van der Waals surface area contributed by atoms with Gasteiger partial charge in [0.25, 0.3) is 17.5 Å². The van der Waals surface area contributed by atoms with Crippen molar-refractivity contribution in [2.45, 2.75) is 20.3 Å². The van der Waals surface area contributed by atoms with Crippen LogP contribution < -0.4 is 25.1 Å². The van der Waals surface area contributed by atoms with Crippen LogP contribution in [0.3, 0.4) is 0 Å². The van der Waals surface area contributed by atoms with Crippen molar-refractivity contribution in [1.29, 1.82) is 0 Å². The van der Waals surface area contributed by atoms with Gasteiger partial charge in [-0.15, -0.1) is 0 Å². The summed E-state index contributed by atoms with van der Waals surface area (Å²) in [5.74, 6) is 0.124. The van der Waals surface area contributed by atoms with Gasteiger partial charge in [0.2, 0.25) is 0 Å². The van der Waals surface area contributed by atoms with Crippen LogP contribution in [-0.4, -0.2) is 37.6 Å². The zero-order chi connectivity index (χ0) is 23.0. The molecule has 0 saturated heterocycles. The molecule has 0 aromatic heterocycles. The van der Waals surface area contributed by atoms with E-state index < -0.39 is 16.7 Å². The van der Waals surface area contributed by atoms with Gasteiger partial charge in [-0.3, -0.25) is 30.6 Å². The highest BCUT2D eigenvalue weighted by atomic mass is 16.6. The SMILES string of the molecule is COc1cc(C(=O)NNC(=O)c2cc([N+](=O)[O-])ccc2OC)ccc1OCCC(C)C. The van der Waals surface area contributed by atoms with Crippen molar-refractivity contribution in [3.05, 3.63) is 57.6 Å². The number of carbonyl (C=O) groups is 2. The molecule has 10 nitrogen and oxygen atoms in total. The number of hydrogen-bond acceptors (Lipinski definition) is 7. The molecule has 0 heterocycles. The van der Waals surface area contributed by atoms with E-state index in [9.17, 15) is 19.7 Å². The van der Waals surface area contributed by atoms with Crippen LogP contribution in [0, 0.1) is 16.0 Å². The van der Waals surface area contributed by atoms with Gasteiger partial charge in [0.05, 0.1) is 31.3 Å². The molecule has 0 atom stereocenters. The van der Waals surface area contributed by atoms with E-state index in [0.29, 0.717) is 24.0 Å². The lowest BCUT2D eigenvalue weighted by atomic mass is 10.1. The number of hydrazine groups is 1. The molecule has 0 radical (unpaired) electrons. The number of nitrogens with zero attached hydrogens (tertiary/aromatic N) is 1. The summed E-state index contributed by atoms with van der Waals surface area (Å²) in [5, 5.41) is 11.0. The number of amides is 2. The predicted octanol–water partition coefficient (Wildman–Crippen LogP) is 3.11. The Morgan fingerprint density at radius 3 is 2.23 bits per heavy atom. The van der Waals surface area contributed by atoms with E-state index in [0.717, 1.165) is 12.5 Å². The average Bonchev–Trinajstić information content (AvgIpc) is 2.76. The second-order valence-electron chi connectivity index (χ2n) is 6.95. The number of carbonyl (C=O) groups excluding carboxylic acids is 2.